The Balaban J connectivity index is 1.57. The molecule has 5 nitrogen and oxygen atoms in total. The van der Waals surface area contributed by atoms with Crippen LogP contribution in [-0.4, -0.2) is 26.7 Å². The van der Waals surface area contributed by atoms with Crippen molar-refractivity contribution in [3.63, 3.8) is 0 Å². The SMILES string of the molecule is C[C@H](CCc1ccccc1Cl)NC(=O)c1cc(-c2ccn(C)n2)nc2ccccc12. The van der Waals surface area contributed by atoms with Gasteiger partial charge in [-0.3, -0.25) is 9.48 Å². The smallest absolute Gasteiger partial charge is 0.252 e. The Kier molecular flexibility index (Phi) is 5.81. The number of benzene rings is 2. The third-order valence-corrected chi connectivity index (χ3v) is 5.49. The first-order chi connectivity index (χ1) is 14.5. The number of hydrogen-bond acceptors (Lipinski definition) is 3. The van der Waals surface area contributed by atoms with Gasteiger partial charge in [-0.2, -0.15) is 5.10 Å². The Labute approximate surface area is 180 Å². The number of carbonyl (C=O) groups excluding carboxylic acids is 1. The fourth-order valence-electron chi connectivity index (χ4n) is 3.49. The number of aryl methyl sites for hydroxylation is 2. The van der Waals surface area contributed by atoms with Gasteiger partial charge in [0.15, 0.2) is 0 Å². The number of amides is 1. The Bertz CT molecular complexity index is 1200. The number of hydrogen-bond donors (Lipinski definition) is 1. The van der Waals surface area contributed by atoms with Crippen LogP contribution in [0.25, 0.3) is 22.3 Å². The number of pyridine rings is 1. The Hall–Kier alpha value is -3.18. The third kappa shape index (κ3) is 4.36. The second-order valence-corrected chi connectivity index (χ2v) is 7.86. The Morgan fingerprint density at radius 3 is 2.63 bits per heavy atom. The molecule has 1 N–H and O–H groups in total. The Morgan fingerprint density at radius 2 is 1.87 bits per heavy atom. The zero-order chi connectivity index (χ0) is 21.1. The van der Waals surface area contributed by atoms with Gasteiger partial charge in [0.05, 0.1) is 16.8 Å². The highest BCUT2D eigenvalue weighted by Gasteiger charge is 2.17. The molecule has 1 amide bonds. The van der Waals surface area contributed by atoms with E-state index in [1.54, 1.807) is 4.68 Å². The number of aromatic nitrogens is 3. The van der Waals surface area contributed by atoms with Crippen molar-refractivity contribution in [1.82, 2.24) is 20.1 Å². The predicted molar refractivity (Wildman–Crippen MR) is 121 cm³/mol. The number of nitrogens with zero attached hydrogens (tertiary/aromatic N) is 3. The minimum Gasteiger partial charge on any atom is -0.350 e. The van der Waals surface area contributed by atoms with Crippen LogP contribution in [0.5, 0.6) is 0 Å². The van der Waals surface area contributed by atoms with Crippen LogP contribution in [0.15, 0.2) is 66.9 Å². The first-order valence-corrected chi connectivity index (χ1v) is 10.3. The topological polar surface area (TPSA) is 59.8 Å². The van der Waals surface area contributed by atoms with E-state index in [2.05, 4.69) is 10.4 Å². The summed E-state index contributed by atoms with van der Waals surface area (Å²) in [7, 11) is 1.86. The average molecular weight is 419 g/mol. The van der Waals surface area contributed by atoms with E-state index in [-0.39, 0.29) is 11.9 Å². The fourth-order valence-corrected chi connectivity index (χ4v) is 3.72. The van der Waals surface area contributed by atoms with Gasteiger partial charge in [0.25, 0.3) is 5.91 Å². The van der Waals surface area contributed by atoms with E-state index >= 15 is 0 Å². The maximum atomic E-state index is 13.1. The molecule has 0 unspecified atom stereocenters. The number of para-hydroxylation sites is 1. The number of carbonyl (C=O) groups is 1. The van der Waals surface area contributed by atoms with Crippen molar-refractivity contribution in [2.24, 2.45) is 7.05 Å². The van der Waals surface area contributed by atoms with E-state index in [0.717, 1.165) is 40.0 Å². The van der Waals surface area contributed by atoms with Gasteiger partial charge in [-0.15, -0.1) is 0 Å². The first-order valence-electron chi connectivity index (χ1n) is 9.95. The zero-order valence-corrected chi connectivity index (χ0v) is 17.7. The Morgan fingerprint density at radius 1 is 1.10 bits per heavy atom. The fraction of sp³-hybridized carbons (Fsp3) is 0.208. The molecule has 0 fully saturated rings. The van der Waals surface area contributed by atoms with Crippen LogP contribution < -0.4 is 5.32 Å². The van der Waals surface area contributed by atoms with Gasteiger partial charge >= 0.3 is 0 Å². The summed E-state index contributed by atoms with van der Waals surface area (Å²) in [5.41, 5.74) is 3.89. The van der Waals surface area contributed by atoms with Crippen LogP contribution in [-0.2, 0) is 13.5 Å². The molecular formula is C24H23ClN4O. The molecule has 0 spiro atoms. The van der Waals surface area contributed by atoms with Crippen LogP contribution >= 0.6 is 11.6 Å². The number of rotatable bonds is 6. The first kappa shape index (κ1) is 20.1. The van der Waals surface area contributed by atoms with Gasteiger partial charge < -0.3 is 5.32 Å². The van der Waals surface area contributed by atoms with Crippen LogP contribution in [0.4, 0.5) is 0 Å². The van der Waals surface area contributed by atoms with Crippen LogP contribution in [0.2, 0.25) is 5.02 Å². The summed E-state index contributed by atoms with van der Waals surface area (Å²) >= 11 is 6.25. The molecule has 0 saturated heterocycles. The molecule has 6 heteroatoms. The van der Waals surface area contributed by atoms with Crippen LogP contribution in [0.3, 0.4) is 0 Å². The monoisotopic (exact) mass is 418 g/mol. The summed E-state index contributed by atoms with van der Waals surface area (Å²) in [5, 5.41) is 9.14. The summed E-state index contributed by atoms with van der Waals surface area (Å²) in [6, 6.07) is 19.2. The van der Waals surface area contributed by atoms with E-state index in [9.17, 15) is 4.79 Å². The molecule has 0 radical (unpaired) electrons. The quantitative estimate of drug-likeness (QED) is 0.477. The highest BCUT2D eigenvalue weighted by molar-refractivity contribution is 6.31. The molecule has 0 saturated carbocycles. The lowest BCUT2D eigenvalue weighted by atomic mass is 10.0. The normalized spacial score (nSPS) is 12.1. The predicted octanol–water partition coefficient (Wildman–Crippen LogP) is 5.04. The van der Waals surface area contributed by atoms with Crippen molar-refractivity contribution in [2.45, 2.75) is 25.8 Å². The summed E-state index contributed by atoms with van der Waals surface area (Å²) in [6.07, 6.45) is 3.46. The zero-order valence-electron chi connectivity index (χ0n) is 17.0. The van der Waals surface area contributed by atoms with E-state index in [1.165, 1.54) is 0 Å². The lowest BCUT2D eigenvalue weighted by Gasteiger charge is -2.16. The molecule has 0 bridgehead atoms. The summed E-state index contributed by atoms with van der Waals surface area (Å²) < 4.78 is 1.72. The average Bonchev–Trinajstić information content (AvgIpc) is 3.18. The van der Waals surface area contributed by atoms with Crippen LogP contribution in [0, 0.1) is 0 Å². The second kappa shape index (κ2) is 8.67. The lowest BCUT2D eigenvalue weighted by Crippen LogP contribution is -2.33. The maximum Gasteiger partial charge on any atom is 0.252 e. The van der Waals surface area contributed by atoms with E-state index in [4.69, 9.17) is 16.6 Å². The molecule has 0 aliphatic heterocycles. The number of nitrogens with one attached hydrogen (secondary N) is 1. The van der Waals surface area contributed by atoms with Crippen LogP contribution in [0.1, 0.15) is 29.3 Å². The third-order valence-electron chi connectivity index (χ3n) is 5.12. The molecule has 0 aliphatic rings. The van der Waals surface area contributed by atoms with Gasteiger partial charge in [0, 0.05) is 29.7 Å². The molecule has 152 valence electrons. The minimum absolute atomic E-state index is 0.000925. The van der Waals surface area contributed by atoms with Crippen molar-refractivity contribution < 1.29 is 4.79 Å². The standard InChI is InChI=1S/C24H23ClN4O/c1-16(11-12-17-7-3-5-9-20(17)25)26-24(30)19-15-23(22-13-14-29(2)28-22)27-21-10-6-4-8-18(19)21/h3-10,13-16H,11-12H2,1-2H3,(H,26,30)/t16-/m1/s1. The molecular weight excluding hydrogens is 396 g/mol. The molecule has 1 atom stereocenters. The largest absolute Gasteiger partial charge is 0.350 e. The minimum atomic E-state index is -0.113. The summed E-state index contributed by atoms with van der Waals surface area (Å²) in [6.45, 7) is 2.01. The van der Waals surface area contributed by atoms with Crippen molar-refractivity contribution in [3.05, 3.63) is 83.0 Å². The molecule has 2 aromatic heterocycles. The molecule has 2 aromatic carbocycles. The van der Waals surface area contributed by atoms with Crippen molar-refractivity contribution in [2.75, 3.05) is 0 Å². The molecule has 4 aromatic rings. The van der Waals surface area contributed by atoms with Crippen molar-refractivity contribution >= 4 is 28.4 Å². The van der Waals surface area contributed by atoms with Gasteiger partial charge in [-0.25, -0.2) is 4.98 Å². The van der Waals surface area contributed by atoms with Gasteiger partial charge in [0.2, 0.25) is 0 Å². The van der Waals surface area contributed by atoms with E-state index in [0.29, 0.717) is 11.3 Å². The molecule has 0 aliphatic carbocycles. The van der Waals surface area contributed by atoms with Gasteiger partial charge in [-0.1, -0.05) is 48.0 Å². The van der Waals surface area contributed by atoms with E-state index in [1.807, 2.05) is 80.8 Å². The molecule has 4 rings (SSSR count). The lowest BCUT2D eigenvalue weighted by molar-refractivity contribution is 0.0940. The second-order valence-electron chi connectivity index (χ2n) is 7.45. The summed E-state index contributed by atoms with van der Waals surface area (Å²) in [4.78, 5) is 17.8. The molecule has 30 heavy (non-hydrogen) atoms. The highest BCUT2D eigenvalue weighted by Crippen LogP contribution is 2.24. The maximum absolute atomic E-state index is 13.1. The van der Waals surface area contributed by atoms with E-state index < -0.39 is 0 Å². The number of fused-ring (bicyclic) bond motifs is 1. The highest BCUT2D eigenvalue weighted by atomic mass is 35.5. The van der Waals surface area contributed by atoms with Gasteiger partial charge in [-0.05, 0) is 49.6 Å². The van der Waals surface area contributed by atoms with Gasteiger partial charge in [0.1, 0.15) is 5.69 Å². The number of halogens is 1. The molecule has 2 heterocycles. The van der Waals surface area contributed by atoms with Crippen molar-refractivity contribution in [3.8, 4) is 11.4 Å². The summed E-state index contributed by atoms with van der Waals surface area (Å²) in [5.74, 6) is -0.113. The van der Waals surface area contributed by atoms with Crippen molar-refractivity contribution in [1.29, 1.82) is 0 Å².